The average molecular weight is 177 g/mol. The van der Waals surface area contributed by atoms with Crippen LogP contribution < -0.4 is 5.73 Å². The molecule has 0 amide bonds. The number of allylic oxidation sites excluding steroid dienone is 3. The first-order chi connectivity index (χ1) is 6.00. The van der Waals surface area contributed by atoms with Crippen molar-refractivity contribution in [2.45, 2.75) is 33.6 Å². The number of hydrogen-bond donors (Lipinski definition) is 1. The standard InChI is InChI=1S/C12H19N/c1-8-7-12(2,3)11-5-4-9(13)6-10(8)11/h4,6,8,11H,5,7,13H2,1-3H3. The number of fused-ring (bicyclic) bond motifs is 1. The van der Waals surface area contributed by atoms with Crippen molar-refractivity contribution in [2.75, 3.05) is 0 Å². The van der Waals surface area contributed by atoms with E-state index >= 15 is 0 Å². The third kappa shape index (κ3) is 1.31. The van der Waals surface area contributed by atoms with Crippen LogP contribution in [-0.2, 0) is 0 Å². The highest BCUT2D eigenvalue weighted by molar-refractivity contribution is 5.33. The van der Waals surface area contributed by atoms with Crippen molar-refractivity contribution >= 4 is 0 Å². The lowest BCUT2D eigenvalue weighted by atomic mass is 9.77. The van der Waals surface area contributed by atoms with E-state index in [1.165, 1.54) is 6.42 Å². The van der Waals surface area contributed by atoms with Crippen LogP contribution in [0.1, 0.15) is 33.6 Å². The van der Waals surface area contributed by atoms with E-state index in [2.05, 4.69) is 32.9 Å². The zero-order valence-corrected chi connectivity index (χ0v) is 8.80. The minimum atomic E-state index is 0.475. The van der Waals surface area contributed by atoms with Crippen LogP contribution in [0.5, 0.6) is 0 Å². The third-order valence-electron chi connectivity index (χ3n) is 3.67. The smallest absolute Gasteiger partial charge is 0.0273 e. The second-order valence-electron chi connectivity index (χ2n) is 5.23. The first-order valence-electron chi connectivity index (χ1n) is 5.18. The maximum absolute atomic E-state index is 5.83. The van der Waals surface area contributed by atoms with Crippen molar-refractivity contribution in [3.05, 3.63) is 23.4 Å². The van der Waals surface area contributed by atoms with Crippen molar-refractivity contribution in [3.8, 4) is 0 Å². The Morgan fingerprint density at radius 3 is 2.85 bits per heavy atom. The van der Waals surface area contributed by atoms with Crippen LogP contribution in [0, 0.1) is 17.3 Å². The van der Waals surface area contributed by atoms with Crippen LogP contribution >= 0.6 is 0 Å². The molecule has 2 unspecified atom stereocenters. The molecule has 2 aliphatic rings. The molecular weight excluding hydrogens is 158 g/mol. The van der Waals surface area contributed by atoms with Gasteiger partial charge in [-0.15, -0.1) is 0 Å². The fourth-order valence-electron chi connectivity index (χ4n) is 3.05. The molecule has 1 nitrogen and oxygen atoms in total. The van der Waals surface area contributed by atoms with Crippen molar-refractivity contribution in [3.63, 3.8) is 0 Å². The molecule has 0 bridgehead atoms. The topological polar surface area (TPSA) is 26.0 Å². The Bertz CT molecular complexity index is 283. The van der Waals surface area contributed by atoms with Crippen LogP contribution in [0.15, 0.2) is 23.4 Å². The molecule has 0 aromatic heterocycles. The van der Waals surface area contributed by atoms with Crippen molar-refractivity contribution in [1.82, 2.24) is 0 Å². The van der Waals surface area contributed by atoms with E-state index in [1.54, 1.807) is 5.57 Å². The van der Waals surface area contributed by atoms with Gasteiger partial charge in [-0.25, -0.2) is 0 Å². The number of nitrogens with two attached hydrogens (primary N) is 1. The highest BCUT2D eigenvalue weighted by Crippen LogP contribution is 2.52. The normalized spacial score (nSPS) is 36.5. The SMILES string of the molecule is CC1CC(C)(C)C2CC=C(N)C=C12. The summed E-state index contributed by atoms with van der Waals surface area (Å²) >= 11 is 0. The quantitative estimate of drug-likeness (QED) is 0.605. The monoisotopic (exact) mass is 177 g/mol. The molecule has 2 rings (SSSR count). The van der Waals surface area contributed by atoms with Gasteiger partial charge >= 0.3 is 0 Å². The molecule has 0 aliphatic heterocycles. The molecule has 72 valence electrons. The summed E-state index contributed by atoms with van der Waals surface area (Å²) in [7, 11) is 0. The second kappa shape index (κ2) is 2.63. The predicted octanol–water partition coefficient (Wildman–Crippen LogP) is 2.84. The van der Waals surface area contributed by atoms with Gasteiger partial charge in [-0.1, -0.05) is 32.4 Å². The maximum atomic E-state index is 5.83. The molecule has 0 aromatic carbocycles. The van der Waals surface area contributed by atoms with Crippen molar-refractivity contribution in [1.29, 1.82) is 0 Å². The Labute approximate surface area is 80.7 Å². The minimum absolute atomic E-state index is 0.475. The fraction of sp³-hybridized carbons (Fsp3) is 0.667. The molecule has 1 heteroatoms. The first-order valence-corrected chi connectivity index (χ1v) is 5.18. The molecule has 1 fully saturated rings. The van der Waals surface area contributed by atoms with E-state index < -0.39 is 0 Å². The van der Waals surface area contributed by atoms with Crippen LogP contribution in [0.3, 0.4) is 0 Å². The molecule has 0 aromatic rings. The Hall–Kier alpha value is -0.720. The minimum Gasteiger partial charge on any atom is -0.399 e. The summed E-state index contributed by atoms with van der Waals surface area (Å²) in [5, 5.41) is 0. The third-order valence-corrected chi connectivity index (χ3v) is 3.67. The summed E-state index contributed by atoms with van der Waals surface area (Å²) in [5.74, 6) is 1.47. The molecule has 2 aliphatic carbocycles. The summed E-state index contributed by atoms with van der Waals surface area (Å²) in [6, 6.07) is 0. The van der Waals surface area contributed by atoms with Crippen molar-refractivity contribution < 1.29 is 0 Å². The average Bonchev–Trinajstić information content (AvgIpc) is 2.22. The summed E-state index contributed by atoms with van der Waals surface area (Å²) in [4.78, 5) is 0. The lowest BCUT2D eigenvalue weighted by Crippen LogP contribution is -2.20. The zero-order valence-electron chi connectivity index (χ0n) is 8.80. The zero-order chi connectivity index (χ0) is 9.64. The van der Waals surface area contributed by atoms with E-state index in [4.69, 9.17) is 5.73 Å². The lowest BCUT2D eigenvalue weighted by molar-refractivity contribution is 0.275. The van der Waals surface area contributed by atoms with Gasteiger partial charge in [-0.3, -0.25) is 0 Å². The Balaban J connectivity index is 2.35. The highest BCUT2D eigenvalue weighted by Gasteiger charge is 2.42. The van der Waals surface area contributed by atoms with Gasteiger partial charge < -0.3 is 5.73 Å². The van der Waals surface area contributed by atoms with Crippen LogP contribution in [0.2, 0.25) is 0 Å². The van der Waals surface area contributed by atoms with Gasteiger partial charge in [-0.05, 0) is 36.2 Å². The van der Waals surface area contributed by atoms with E-state index in [0.717, 1.165) is 24.0 Å². The van der Waals surface area contributed by atoms with E-state index in [-0.39, 0.29) is 0 Å². The largest absolute Gasteiger partial charge is 0.399 e. The maximum Gasteiger partial charge on any atom is 0.0273 e. The fourth-order valence-corrected chi connectivity index (χ4v) is 3.05. The van der Waals surface area contributed by atoms with Gasteiger partial charge in [0.1, 0.15) is 0 Å². The number of rotatable bonds is 0. The summed E-state index contributed by atoms with van der Waals surface area (Å²) in [6.45, 7) is 7.08. The summed E-state index contributed by atoms with van der Waals surface area (Å²) < 4.78 is 0. The molecule has 0 radical (unpaired) electrons. The van der Waals surface area contributed by atoms with Gasteiger partial charge in [0.25, 0.3) is 0 Å². The summed E-state index contributed by atoms with van der Waals surface area (Å²) in [6.07, 6.45) is 6.83. The Morgan fingerprint density at radius 1 is 1.46 bits per heavy atom. The van der Waals surface area contributed by atoms with Crippen LogP contribution in [0.4, 0.5) is 0 Å². The highest BCUT2D eigenvalue weighted by atomic mass is 14.6. The molecular formula is C12H19N. The van der Waals surface area contributed by atoms with Crippen LogP contribution in [0.25, 0.3) is 0 Å². The first kappa shape index (κ1) is 8.86. The van der Waals surface area contributed by atoms with Crippen LogP contribution in [-0.4, -0.2) is 0 Å². The second-order valence-corrected chi connectivity index (χ2v) is 5.23. The van der Waals surface area contributed by atoms with Gasteiger partial charge in [0.2, 0.25) is 0 Å². The number of hydrogen-bond acceptors (Lipinski definition) is 1. The molecule has 0 saturated heterocycles. The predicted molar refractivity (Wildman–Crippen MR) is 56.0 cm³/mol. The van der Waals surface area contributed by atoms with E-state index in [1.807, 2.05) is 0 Å². The molecule has 0 heterocycles. The van der Waals surface area contributed by atoms with Gasteiger partial charge in [0, 0.05) is 5.70 Å². The molecule has 2 N–H and O–H groups in total. The van der Waals surface area contributed by atoms with E-state index in [0.29, 0.717) is 5.41 Å². The van der Waals surface area contributed by atoms with Gasteiger partial charge in [0.05, 0.1) is 0 Å². The lowest BCUT2D eigenvalue weighted by Gasteiger charge is -2.28. The Kier molecular flexibility index (Phi) is 1.79. The van der Waals surface area contributed by atoms with Gasteiger partial charge in [0.15, 0.2) is 0 Å². The van der Waals surface area contributed by atoms with E-state index in [9.17, 15) is 0 Å². The summed E-state index contributed by atoms with van der Waals surface area (Å²) in [5.41, 5.74) is 8.86. The van der Waals surface area contributed by atoms with Crippen molar-refractivity contribution in [2.24, 2.45) is 23.0 Å². The Morgan fingerprint density at radius 2 is 2.15 bits per heavy atom. The molecule has 1 saturated carbocycles. The molecule has 2 atom stereocenters. The molecule has 0 spiro atoms. The molecule has 13 heavy (non-hydrogen) atoms. The van der Waals surface area contributed by atoms with Gasteiger partial charge in [-0.2, -0.15) is 0 Å².